The van der Waals surface area contributed by atoms with Crippen LogP contribution >= 0.6 is 0 Å². The summed E-state index contributed by atoms with van der Waals surface area (Å²) in [4.78, 5) is 21.2. The van der Waals surface area contributed by atoms with Crippen molar-refractivity contribution in [2.75, 3.05) is 11.5 Å². The number of benzene rings is 2. The predicted molar refractivity (Wildman–Crippen MR) is 78.5 cm³/mol. The summed E-state index contributed by atoms with van der Waals surface area (Å²) in [7, 11) is 0. The van der Waals surface area contributed by atoms with Gasteiger partial charge in [-0.15, -0.1) is 0 Å². The third-order valence-electron chi connectivity index (χ3n) is 2.76. The number of nitrogens with two attached hydrogens (primary N) is 2. The van der Waals surface area contributed by atoms with Crippen LogP contribution in [0, 0.1) is 11.8 Å². The van der Waals surface area contributed by atoms with E-state index in [9.17, 15) is 9.59 Å². The molecule has 4 heteroatoms. The third kappa shape index (κ3) is 2.85. The van der Waals surface area contributed by atoms with Crippen molar-refractivity contribution in [2.45, 2.75) is 0 Å². The zero-order valence-corrected chi connectivity index (χ0v) is 10.6. The molecule has 0 aromatic heterocycles. The summed E-state index contributed by atoms with van der Waals surface area (Å²) in [5.41, 5.74) is 14.7. The molecule has 4 N–H and O–H groups in total. The summed E-state index contributed by atoms with van der Waals surface area (Å²) in [6, 6.07) is 9.79. The van der Waals surface area contributed by atoms with E-state index in [0.29, 0.717) is 33.6 Å². The van der Waals surface area contributed by atoms with Gasteiger partial charge in [0.25, 0.3) is 0 Å². The SMILES string of the molecule is Nc1cc(C=O)ccc1C#Cc1ccc(C=O)cc1N. The first-order valence-electron chi connectivity index (χ1n) is 5.85. The van der Waals surface area contributed by atoms with E-state index in [2.05, 4.69) is 11.8 Å². The fourth-order valence-electron chi connectivity index (χ4n) is 1.67. The van der Waals surface area contributed by atoms with Gasteiger partial charge in [-0.05, 0) is 24.3 Å². The van der Waals surface area contributed by atoms with E-state index < -0.39 is 0 Å². The monoisotopic (exact) mass is 264 g/mol. The second-order valence-electron chi connectivity index (χ2n) is 4.18. The summed E-state index contributed by atoms with van der Waals surface area (Å²) in [5.74, 6) is 5.80. The van der Waals surface area contributed by atoms with Gasteiger partial charge in [-0.1, -0.05) is 24.0 Å². The fourth-order valence-corrected chi connectivity index (χ4v) is 1.67. The number of rotatable bonds is 2. The molecule has 0 spiro atoms. The molecular weight excluding hydrogens is 252 g/mol. The van der Waals surface area contributed by atoms with Crippen molar-refractivity contribution >= 4 is 23.9 Å². The van der Waals surface area contributed by atoms with Crippen LogP contribution < -0.4 is 11.5 Å². The molecule has 0 aliphatic heterocycles. The summed E-state index contributed by atoms with van der Waals surface area (Å²) >= 11 is 0. The lowest BCUT2D eigenvalue weighted by Gasteiger charge is -2.00. The molecule has 2 aromatic carbocycles. The summed E-state index contributed by atoms with van der Waals surface area (Å²) in [6.07, 6.45) is 1.45. The van der Waals surface area contributed by atoms with Crippen molar-refractivity contribution in [2.24, 2.45) is 0 Å². The van der Waals surface area contributed by atoms with Crippen LogP contribution in [0.25, 0.3) is 0 Å². The van der Waals surface area contributed by atoms with E-state index in [4.69, 9.17) is 11.5 Å². The highest BCUT2D eigenvalue weighted by molar-refractivity contribution is 5.79. The molecule has 0 atom stereocenters. The minimum atomic E-state index is 0.435. The van der Waals surface area contributed by atoms with Crippen molar-refractivity contribution in [1.29, 1.82) is 0 Å². The van der Waals surface area contributed by atoms with Crippen LogP contribution in [-0.2, 0) is 0 Å². The van der Waals surface area contributed by atoms with Crippen molar-refractivity contribution in [3.8, 4) is 11.8 Å². The molecule has 0 radical (unpaired) electrons. The van der Waals surface area contributed by atoms with Crippen molar-refractivity contribution in [3.63, 3.8) is 0 Å². The summed E-state index contributed by atoms with van der Waals surface area (Å²) < 4.78 is 0. The first-order chi connectivity index (χ1) is 9.63. The van der Waals surface area contributed by atoms with Crippen LogP contribution in [0.4, 0.5) is 11.4 Å². The largest absolute Gasteiger partial charge is 0.398 e. The standard InChI is InChI=1S/C16H12N2O2/c17-15-7-11(9-19)1-3-13(15)5-6-14-4-2-12(10-20)8-16(14)18/h1-4,7-10H,17-18H2. The molecule has 4 nitrogen and oxygen atoms in total. The van der Waals surface area contributed by atoms with E-state index in [1.165, 1.54) is 0 Å². The summed E-state index contributed by atoms with van der Waals surface area (Å²) in [6.45, 7) is 0. The minimum Gasteiger partial charge on any atom is -0.398 e. The Labute approximate surface area is 116 Å². The summed E-state index contributed by atoms with van der Waals surface area (Å²) in [5, 5.41) is 0. The lowest BCUT2D eigenvalue weighted by Crippen LogP contribution is -1.94. The van der Waals surface area contributed by atoms with E-state index in [1.54, 1.807) is 36.4 Å². The molecule has 0 saturated carbocycles. The Morgan fingerprint density at radius 2 is 1.15 bits per heavy atom. The number of anilines is 2. The third-order valence-corrected chi connectivity index (χ3v) is 2.76. The first kappa shape index (κ1) is 13.4. The van der Waals surface area contributed by atoms with Gasteiger partial charge < -0.3 is 11.5 Å². The van der Waals surface area contributed by atoms with E-state index in [-0.39, 0.29) is 0 Å². The molecule has 0 amide bonds. The van der Waals surface area contributed by atoms with Crippen LogP contribution in [0.2, 0.25) is 0 Å². The Kier molecular flexibility index (Phi) is 3.82. The molecule has 98 valence electrons. The minimum absolute atomic E-state index is 0.435. The Balaban J connectivity index is 2.35. The van der Waals surface area contributed by atoms with Crippen molar-refractivity contribution in [1.82, 2.24) is 0 Å². The highest BCUT2D eigenvalue weighted by Crippen LogP contribution is 2.14. The Bertz CT molecular complexity index is 678. The van der Waals surface area contributed by atoms with Crippen LogP contribution in [0.15, 0.2) is 36.4 Å². The van der Waals surface area contributed by atoms with E-state index in [0.717, 1.165) is 12.6 Å². The van der Waals surface area contributed by atoms with Crippen LogP contribution in [0.1, 0.15) is 31.8 Å². The smallest absolute Gasteiger partial charge is 0.150 e. The van der Waals surface area contributed by atoms with Gasteiger partial charge in [0.15, 0.2) is 0 Å². The zero-order chi connectivity index (χ0) is 14.5. The van der Waals surface area contributed by atoms with Gasteiger partial charge in [0.1, 0.15) is 12.6 Å². The fraction of sp³-hybridized carbons (Fsp3) is 0. The van der Waals surface area contributed by atoms with Gasteiger partial charge in [-0.3, -0.25) is 9.59 Å². The number of aldehydes is 2. The molecule has 2 aromatic rings. The molecule has 0 fully saturated rings. The van der Waals surface area contributed by atoms with Crippen molar-refractivity contribution in [3.05, 3.63) is 58.7 Å². The average molecular weight is 264 g/mol. The number of hydrogen-bond donors (Lipinski definition) is 2. The molecule has 0 saturated heterocycles. The van der Waals surface area contributed by atoms with Gasteiger partial charge in [-0.2, -0.15) is 0 Å². The molecular formula is C16H12N2O2. The number of carbonyl (C=O) groups excluding carboxylic acids is 2. The second-order valence-corrected chi connectivity index (χ2v) is 4.18. The number of carbonyl (C=O) groups is 2. The second kappa shape index (κ2) is 5.72. The Morgan fingerprint density at radius 3 is 1.45 bits per heavy atom. The molecule has 0 unspecified atom stereocenters. The normalized spacial score (nSPS) is 9.40. The number of nitrogen functional groups attached to an aromatic ring is 2. The van der Waals surface area contributed by atoms with Gasteiger partial charge in [0.05, 0.1) is 0 Å². The topological polar surface area (TPSA) is 86.2 Å². The quantitative estimate of drug-likeness (QED) is 0.492. The van der Waals surface area contributed by atoms with Crippen LogP contribution in [-0.4, -0.2) is 12.6 Å². The highest BCUT2D eigenvalue weighted by Gasteiger charge is 1.99. The van der Waals surface area contributed by atoms with Gasteiger partial charge >= 0.3 is 0 Å². The van der Waals surface area contributed by atoms with E-state index >= 15 is 0 Å². The molecule has 0 bridgehead atoms. The Morgan fingerprint density at radius 1 is 0.750 bits per heavy atom. The van der Waals surface area contributed by atoms with Gasteiger partial charge in [0.2, 0.25) is 0 Å². The van der Waals surface area contributed by atoms with Crippen LogP contribution in [0.5, 0.6) is 0 Å². The van der Waals surface area contributed by atoms with Gasteiger partial charge in [0, 0.05) is 33.6 Å². The molecule has 2 rings (SSSR count). The highest BCUT2D eigenvalue weighted by atomic mass is 16.1. The Hall–Kier alpha value is -3.06. The predicted octanol–water partition coefficient (Wildman–Crippen LogP) is 1.88. The molecule has 0 aliphatic rings. The average Bonchev–Trinajstić information content (AvgIpc) is 2.46. The van der Waals surface area contributed by atoms with E-state index in [1.807, 2.05) is 0 Å². The maximum Gasteiger partial charge on any atom is 0.150 e. The maximum absolute atomic E-state index is 10.6. The van der Waals surface area contributed by atoms with Crippen molar-refractivity contribution < 1.29 is 9.59 Å². The molecule has 0 aliphatic carbocycles. The molecule has 0 heterocycles. The maximum atomic E-state index is 10.6. The molecule has 20 heavy (non-hydrogen) atoms. The first-order valence-corrected chi connectivity index (χ1v) is 5.85. The lowest BCUT2D eigenvalue weighted by atomic mass is 10.1. The number of hydrogen-bond acceptors (Lipinski definition) is 4. The lowest BCUT2D eigenvalue weighted by molar-refractivity contribution is 0.111. The van der Waals surface area contributed by atoms with Crippen LogP contribution in [0.3, 0.4) is 0 Å². The van der Waals surface area contributed by atoms with Gasteiger partial charge in [-0.25, -0.2) is 0 Å². The zero-order valence-electron chi connectivity index (χ0n) is 10.6.